The zero-order valence-electron chi connectivity index (χ0n) is 17.5. The van der Waals surface area contributed by atoms with E-state index in [0.717, 1.165) is 5.57 Å². The minimum absolute atomic E-state index is 0.0185. The van der Waals surface area contributed by atoms with Crippen LogP contribution in [0.4, 0.5) is 0 Å². The standard InChI is InChI=1S/C19H36O4Si2/c1-11-19(23-24(6,7)8)13-15(12-17(20)21-5)16(19)14-22-25(9,10)18(2,3)4/h11-12,16H,1,13-14H2,2-10H3/b15-12+. The molecular weight excluding hydrogens is 348 g/mol. The van der Waals surface area contributed by atoms with E-state index in [1.54, 1.807) is 6.08 Å². The van der Waals surface area contributed by atoms with E-state index in [1.807, 2.05) is 6.08 Å². The van der Waals surface area contributed by atoms with Crippen LogP contribution in [0.15, 0.2) is 24.3 Å². The van der Waals surface area contributed by atoms with Crippen molar-refractivity contribution in [2.75, 3.05) is 13.7 Å². The van der Waals surface area contributed by atoms with Crippen molar-refractivity contribution in [2.45, 2.75) is 70.6 Å². The van der Waals surface area contributed by atoms with Crippen LogP contribution >= 0.6 is 0 Å². The summed E-state index contributed by atoms with van der Waals surface area (Å²) in [6, 6.07) is 0. The lowest BCUT2D eigenvalue weighted by Gasteiger charge is -2.53. The van der Waals surface area contributed by atoms with Crippen LogP contribution in [0.1, 0.15) is 27.2 Å². The van der Waals surface area contributed by atoms with Crippen LogP contribution in [0.5, 0.6) is 0 Å². The van der Waals surface area contributed by atoms with Crippen LogP contribution in [0.25, 0.3) is 0 Å². The highest BCUT2D eigenvalue weighted by Crippen LogP contribution is 2.50. The normalized spacial score (nSPS) is 26.3. The summed E-state index contributed by atoms with van der Waals surface area (Å²) < 4.78 is 17.7. The van der Waals surface area contributed by atoms with Crippen LogP contribution in [0, 0.1) is 5.92 Å². The van der Waals surface area contributed by atoms with E-state index in [1.165, 1.54) is 7.11 Å². The Morgan fingerprint density at radius 1 is 1.28 bits per heavy atom. The second kappa shape index (κ2) is 7.50. The van der Waals surface area contributed by atoms with Gasteiger partial charge in [-0.2, -0.15) is 0 Å². The summed E-state index contributed by atoms with van der Waals surface area (Å²) in [5, 5.41) is 0.138. The van der Waals surface area contributed by atoms with Crippen LogP contribution in [-0.2, 0) is 18.4 Å². The Labute approximate surface area is 155 Å². The van der Waals surface area contributed by atoms with Gasteiger partial charge in [0.25, 0.3) is 0 Å². The van der Waals surface area contributed by atoms with E-state index in [9.17, 15) is 4.79 Å². The van der Waals surface area contributed by atoms with Gasteiger partial charge in [-0.1, -0.05) is 32.4 Å². The van der Waals surface area contributed by atoms with Crippen LogP contribution < -0.4 is 0 Å². The Morgan fingerprint density at radius 2 is 1.84 bits per heavy atom. The predicted octanol–water partition coefficient (Wildman–Crippen LogP) is 4.90. The third-order valence-electron chi connectivity index (χ3n) is 5.28. The summed E-state index contributed by atoms with van der Waals surface area (Å²) in [5.74, 6) is -0.303. The molecule has 0 aliphatic heterocycles. The second-order valence-corrected chi connectivity index (χ2v) is 18.7. The van der Waals surface area contributed by atoms with Gasteiger partial charge < -0.3 is 13.6 Å². The SMILES string of the molecule is C=CC1(O[Si](C)(C)C)C/C(=C\C(=O)OC)C1CO[Si](C)(C)C(C)(C)C. The van der Waals surface area contributed by atoms with Crippen molar-refractivity contribution in [3.8, 4) is 0 Å². The summed E-state index contributed by atoms with van der Waals surface area (Å²) in [6.07, 6.45) is 4.18. The quantitative estimate of drug-likeness (QED) is 0.271. The molecule has 0 aromatic heterocycles. The van der Waals surface area contributed by atoms with Crippen molar-refractivity contribution in [2.24, 2.45) is 5.92 Å². The number of hydrogen-bond donors (Lipinski definition) is 0. The van der Waals surface area contributed by atoms with Gasteiger partial charge in [0, 0.05) is 25.0 Å². The predicted molar refractivity (Wildman–Crippen MR) is 109 cm³/mol. The molecule has 1 aliphatic rings. The van der Waals surface area contributed by atoms with Crippen molar-refractivity contribution < 1.29 is 18.4 Å². The van der Waals surface area contributed by atoms with Crippen LogP contribution in [0.3, 0.4) is 0 Å². The zero-order chi connectivity index (χ0) is 19.7. The third-order valence-corrected chi connectivity index (χ3v) is 10.8. The molecule has 0 N–H and O–H groups in total. The first kappa shape index (κ1) is 22.3. The Balaban J connectivity index is 3.07. The lowest BCUT2D eigenvalue weighted by atomic mass is 9.65. The molecule has 0 amide bonds. The van der Waals surface area contributed by atoms with Gasteiger partial charge in [0.2, 0.25) is 0 Å². The van der Waals surface area contributed by atoms with Crippen molar-refractivity contribution in [3.63, 3.8) is 0 Å². The van der Waals surface area contributed by atoms with Gasteiger partial charge in [-0.3, -0.25) is 0 Å². The molecule has 144 valence electrons. The second-order valence-electron chi connectivity index (χ2n) is 9.42. The first-order chi connectivity index (χ1) is 11.2. The highest BCUT2D eigenvalue weighted by Gasteiger charge is 2.52. The van der Waals surface area contributed by atoms with E-state index in [4.69, 9.17) is 13.6 Å². The van der Waals surface area contributed by atoms with E-state index in [2.05, 4.69) is 60.1 Å². The van der Waals surface area contributed by atoms with Crippen molar-refractivity contribution in [3.05, 3.63) is 24.3 Å². The highest BCUT2D eigenvalue weighted by molar-refractivity contribution is 6.74. The largest absolute Gasteiger partial charge is 0.466 e. The fourth-order valence-corrected chi connectivity index (χ4v) is 5.25. The molecule has 4 nitrogen and oxygen atoms in total. The lowest BCUT2D eigenvalue weighted by molar-refractivity contribution is -0.135. The third kappa shape index (κ3) is 5.39. The Morgan fingerprint density at radius 3 is 2.24 bits per heavy atom. The lowest BCUT2D eigenvalue weighted by Crippen LogP contribution is -2.57. The molecule has 0 aromatic carbocycles. The molecule has 2 atom stereocenters. The van der Waals surface area contributed by atoms with Gasteiger partial charge >= 0.3 is 5.97 Å². The molecule has 1 saturated carbocycles. The van der Waals surface area contributed by atoms with E-state index in [0.29, 0.717) is 13.0 Å². The number of methoxy groups -OCH3 is 1. The molecule has 1 rings (SSSR count). The highest BCUT2D eigenvalue weighted by atomic mass is 28.4. The number of carbonyl (C=O) groups excluding carboxylic acids is 1. The van der Waals surface area contributed by atoms with Crippen LogP contribution in [-0.4, -0.2) is 41.9 Å². The molecule has 0 aromatic rings. The van der Waals surface area contributed by atoms with Gasteiger partial charge in [-0.25, -0.2) is 4.79 Å². The Kier molecular flexibility index (Phi) is 6.71. The summed E-state index contributed by atoms with van der Waals surface area (Å²) in [6.45, 7) is 22.3. The number of esters is 1. The van der Waals surface area contributed by atoms with E-state index >= 15 is 0 Å². The van der Waals surface area contributed by atoms with Gasteiger partial charge in [0.05, 0.1) is 12.7 Å². The van der Waals surface area contributed by atoms with E-state index < -0.39 is 22.2 Å². The van der Waals surface area contributed by atoms with Crippen LogP contribution in [0.2, 0.25) is 37.8 Å². The van der Waals surface area contributed by atoms with Crippen molar-refractivity contribution >= 4 is 22.6 Å². The fourth-order valence-electron chi connectivity index (χ4n) is 2.80. The Bertz CT molecular complexity index is 541. The molecule has 0 bridgehead atoms. The number of carbonyl (C=O) groups is 1. The zero-order valence-corrected chi connectivity index (χ0v) is 19.5. The molecule has 0 radical (unpaired) electrons. The average Bonchev–Trinajstić information content (AvgIpc) is 2.42. The minimum Gasteiger partial charge on any atom is -0.466 e. The maximum atomic E-state index is 11.7. The summed E-state index contributed by atoms with van der Waals surface area (Å²) in [5.41, 5.74) is 0.593. The van der Waals surface area contributed by atoms with Gasteiger partial charge in [-0.05, 0) is 37.8 Å². The number of ether oxygens (including phenoxy) is 1. The first-order valence-corrected chi connectivity index (χ1v) is 15.3. The molecule has 0 heterocycles. The number of rotatable bonds is 7. The summed E-state index contributed by atoms with van der Waals surface area (Å²) in [7, 11) is -2.26. The molecule has 6 heteroatoms. The first-order valence-electron chi connectivity index (χ1n) is 8.93. The van der Waals surface area contributed by atoms with E-state index in [-0.39, 0.29) is 16.9 Å². The smallest absolute Gasteiger partial charge is 0.330 e. The molecule has 25 heavy (non-hydrogen) atoms. The average molecular weight is 385 g/mol. The number of hydrogen-bond acceptors (Lipinski definition) is 4. The Hall–Kier alpha value is -0.696. The molecule has 1 fully saturated rings. The topological polar surface area (TPSA) is 44.8 Å². The van der Waals surface area contributed by atoms with Crippen molar-refractivity contribution in [1.82, 2.24) is 0 Å². The maximum absolute atomic E-state index is 11.7. The summed E-state index contributed by atoms with van der Waals surface area (Å²) in [4.78, 5) is 11.7. The van der Waals surface area contributed by atoms with Crippen molar-refractivity contribution in [1.29, 1.82) is 0 Å². The molecule has 1 aliphatic carbocycles. The fraction of sp³-hybridized carbons (Fsp3) is 0.737. The van der Waals surface area contributed by atoms with Gasteiger partial charge in [-0.15, -0.1) is 6.58 Å². The van der Waals surface area contributed by atoms with Gasteiger partial charge in [0.15, 0.2) is 16.6 Å². The monoisotopic (exact) mass is 384 g/mol. The minimum atomic E-state index is -1.88. The maximum Gasteiger partial charge on any atom is 0.330 e. The molecule has 2 unspecified atom stereocenters. The van der Waals surface area contributed by atoms with Gasteiger partial charge in [0.1, 0.15) is 0 Å². The molecule has 0 saturated heterocycles. The molecule has 0 spiro atoms. The molecular formula is C19H36O4Si2. The summed E-state index contributed by atoms with van der Waals surface area (Å²) >= 11 is 0.